The van der Waals surface area contributed by atoms with Crippen LogP contribution in [-0.4, -0.2) is 36.7 Å². The van der Waals surface area contributed by atoms with Crippen molar-refractivity contribution in [2.45, 2.75) is 13.8 Å². The molecule has 9 nitrogen and oxygen atoms in total. The molecule has 0 spiro atoms. The maximum atomic E-state index is 12.6. The fourth-order valence-corrected chi connectivity index (χ4v) is 2.46. The van der Waals surface area contributed by atoms with Crippen LogP contribution >= 0.6 is 0 Å². The van der Waals surface area contributed by atoms with Gasteiger partial charge in [0.2, 0.25) is 5.95 Å². The van der Waals surface area contributed by atoms with E-state index in [1.165, 1.54) is 28.9 Å². The van der Waals surface area contributed by atoms with E-state index in [-0.39, 0.29) is 28.5 Å². The van der Waals surface area contributed by atoms with E-state index in [9.17, 15) is 19.5 Å². The van der Waals surface area contributed by atoms with Crippen molar-refractivity contribution in [3.8, 4) is 5.95 Å². The number of rotatable bonds is 4. The first-order chi connectivity index (χ1) is 12.3. The summed E-state index contributed by atoms with van der Waals surface area (Å²) in [5, 5.41) is 16.1. The van der Waals surface area contributed by atoms with Crippen molar-refractivity contribution < 1.29 is 14.7 Å². The lowest BCUT2D eigenvalue weighted by Crippen LogP contribution is -2.20. The smallest absolute Gasteiger partial charge is 0.336 e. The van der Waals surface area contributed by atoms with E-state index in [1.807, 2.05) is 0 Å². The van der Waals surface area contributed by atoms with Gasteiger partial charge in [0.25, 0.3) is 11.5 Å². The first-order valence-corrected chi connectivity index (χ1v) is 7.64. The summed E-state index contributed by atoms with van der Waals surface area (Å²) in [6.45, 7) is 3.38. The maximum absolute atomic E-state index is 12.6. The van der Waals surface area contributed by atoms with Gasteiger partial charge in [-0.3, -0.25) is 14.6 Å². The van der Waals surface area contributed by atoms with Crippen LogP contribution < -0.4 is 10.9 Å². The molecule has 0 fully saturated rings. The number of anilines is 1. The number of aromatic carboxylic acids is 1. The molecule has 3 aromatic rings. The fraction of sp³-hybridized carbons (Fsp3) is 0.118. The van der Waals surface area contributed by atoms with Gasteiger partial charge in [-0.05, 0) is 26.0 Å². The Morgan fingerprint density at radius 1 is 1.12 bits per heavy atom. The van der Waals surface area contributed by atoms with E-state index in [4.69, 9.17) is 0 Å². The van der Waals surface area contributed by atoms with Crippen LogP contribution in [0.4, 0.5) is 5.82 Å². The van der Waals surface area contributed by atoms with E-state index in [0.717, 1.165) is 0 Å². The van der Waals surface area contributed by atoms with Gasteiger partial charge in [0.05, 0.1) is 16.8 Å². The summed E-state index contributed by atoms with van der Waals surface area (Å²) in [7, 11) is 0. The molecular weight excluding hydrogens is 338 g/mol. The number of aromatic amines is 1. The first-order valence-electron chi connectivity index (χ1n) is 7.64. The molecule has 0 radical (unpaired) electrons. The third kappa shape index (κ3) is 3.36. The van der Waals surface area contributed by atoms with Gasteiger partial charge in [-0.25, -0.2) is 9.78 Å². The predicted molar refractivity (Wildman–Crippen MR) is 92.8 cm³/mol. The second kappa shape index (κ2) is 6.63. The highest BCUT2D eigenvalue weighted by Gasteiger charge is 2.18. The summed E-state index contributed by atoms with van der Waals surface area (Å²) in [6.07, 6.45) is 0. The van der Waals surface area contributed by atoms with Crippen LogP contribution in [0.15, 0.2) is 41.2 Å². The number of H-pyrrole nitrogens is 1. The van der Waals surface area contributed by atoms with Gasteiger partial charge in [-0.2, -0.15) is 9.78 Å². The molecule has 0 atom stereocenters. The van der Waals surface area contributed by atoms with Crippen molar-refractivity contribution in [1.29, 1.82) is 0 Å². The lowest BCUT2D eigenvalue weighted by atomic mass is 10.1. The minimum absolute atomic E-state index is 0.0103. The molecule has 2 heterocycles. The second-order valence-corrected chi connectivity index (χ2v) is 5.60. The van der Waals surface area contributed by atoms with Crippen molar-refractivity contribution in [1.82, 2.24) is 19.7 Å². The number of benzene rings is 1. The van der Waals surface area contributed by atoms with Crippen LogP contribution in [0.1, 0.15) is 32.1 Å². The number of hydrogen-bond donors (Lipinski definition) is 3. The molecule has 26 heavy (non-hydrogen) atoms. The van der Waals surface area contributed by atoms with Gasteiger partial charge in [-0.1, -0.05) is 12.1 Å². The summed E-state index contributed by atoms with van der Waals surface area (Å²) in [6, 6.07) is 8.79. The zero-order valence-corrected chi connectivity index (χ0v) is 14.0. The fourth-order valence-electron chi connectivity index (χ4n) is 2.46. The third-order valence-electron chi connectivity index (χ3n) is 3.53. The third-order valence-corrected chi connectivity index (χ3v) is 3.53. The number of nitrogens with one attached hydrogen (secondary N) is 2. The summed E-state index contributed by atoms with van der Waals surface area (Å²) in [5.74, 6) is -1.42. The van der Waals surface area contributed by atoms with Gasteiger partial charge in [0.1, 0.15) is 5.82 Å². The molecule has 0 saturated heterocycles. The highest BCUT2D eigenvalue weighted by atomic mass is 16.4. The molecule has 0 saturated carbocycles. The summed E-state index contributed by atoms with van der Waals surface area (Å²) in [4.78, 5) is 42.3. The molecular formula is C17H15N5O4. The van der Waals surface area contributed by atoms with E-state index in [2.05, 4.69) is 20.4 Å². The van der Waals surface area contributed by atoms with E-state index in [1.54, 1.807) is 26.0 Å². The molecule has 0 bridgehead atoms. The number of carboxylic acid groups (broad SMARTS) is 1. The Labute approximate surface area is 147 Å². The van der Waals surface area contributed by atoms with Gasteiger partial charge < -0.3 is 10.4 Å². The Hall–Kier alpha value is -3.75. The van der Waals surface area contributed by atoms with E-state index < -0.39 is 11.9 Å². The minimum atomic E-state index is -1.20. The highest BCUT2D eigenvalue weighted by Crippen LogP contribution is 2.17. The van der Waals surface area contributed by atoms with Crippen molar-refractivity contribution in [2.24, 2.45) is 0 Å². The molecule has 1 amide bonds. The Bertz CT molecular complexity index is 1070. The quantitative estimate of drug-likeness (QED) is 0.652. The molecule has 0 aliphatic heterocycles. The maximum Gasteiger partial charge on any atom is 0.336 e. The second-order valence-electron chi connectivity index (χ2n) is 5.60. The number of aryl methyl sites for hydroxylation is 2. The molecule has 0 aliphatic carbocycles. The largest absolute Gasteiger partial charge is 0.478 e. The molecule has 0 aliphatic rings. The van der Waals surface area contributed by atoms with Crippen LogP contribution in [-0.2, 0) is 0 Å². The molecule has 2 aromatic heterocycles. The van der Waals surface area contributed by atoms with Crippen molar-refractivity contribution in [2.75, 3.05) is 5.32 Å². The molecule has 3 N–H and O–H groups in total. The van der Waals surface area contributed by atoms with Gasteiger partial charge in [0.15, 0.2) is 0 Å². The monoisotopic (exact) mass is 353 g/mol. The highest BCUT2D eigenvalue weighted by molar-refractivity contribution is 6.10. The van der Waals surface area contributed by atoms with Gasteiger partial charge in [-0.15, -0.1) is 0 Å². The molecule has 0 unspecified atom stereocenters. The molecule has 1 aromatic carbocycles. The van der Waals surface area contributed by atoms with Crippen LogP contribution in [0.5, 0.6) is 0 Å². The van der Waals surface area contributed by atoms with Gasteiger partial charge in [0, 0.05) is 17.8 Å². The minimum Gasteiger partial charge on any atom is -0.478 e. The molecule has 3 rings (SSSR count). The van der Waals surface area contributed by atoms with Crippen LogP contribution in [0.2, 0.25) is 0 Å². The van der Waals surface area contributed by atoms with E-state index in [0.29, 0.717) is 11.4 Å². The van der Waals surface area contributed by atoms with Crippen LogP contribution in [0.25, 0.3) is 5.95 Å². The Morgan fingerprint density at radius 2 is 1.81 bits per heavy atom. The van der Waals surface area contributed by atoms with Crippen LogP contribution in [0, 0.1) is 13.8 Å². The molecule has 9 heteroatoms. The number of carbonyl (C=O) groups is 2. The number of aromatic nitrogens is 4. The Morgan fingerprint density at radius 3 is 2.46 bits per heavy atom. The zero-order valence-electron chi connectivity index (χ0n) is 14.0. The first kappa shape index (κ1) is 17.1. The van der Waals surface area contributed by atoms with Gasteiger partial charge >= 0.3 is 5.97 Å². The van der Waals surface area contributed by atoms with Crippen molar-refractivity contribution >= 4 is 17.7 Å². The predicted octanol–water partition coefficient (Wildman–Crippen LogP) is 1.52. The summed E-state index contributed by atoms with van der Waals surface area (Å²) >= 11 is 0. The number of hydrogen-bond acceptors (Lipinski definition) is 5. The standard InChI is InChI=1S/C17H15N5O4/c1-9-8-14(23)20-17(18-9)22-13(7-10(2)21-22)19-15(24)11-5-3-4-6-12(11)16(25)26/h3-8H,1-2H3,(H,19,24)(H,25,26)(H,18,20,23). The molecule has 132 valence electrons. The topological polar surface area (TPSA) is 130 Å². The SMILES string of the molecule is Cc1cc(=O)[nH]c(-n2nc(C)cc2NC(=O)c2ccccc2C(=O)O)n1. The number of carboxylic acids is 1. The lowest BCUT2D eigenvalue weighted by Gasteiger charge is -2.09. The van der Waals surface area contributed by atoms with E-state index >= 15 is 0 Å². The van der Waals surface area contributed by atoms with Crippen molar-refractivity contribution in [3.63, 3.8) is 0 Å². The lowest BCUT2D eigenvalue weighted by molar-refractivity contribution is 0.0692. The number of nitrogens with zero attached hydrogens (tertiary/aromatic N) is 3. The average molecular weight is 353 g/mol. The number of amides is 1. The summed E-state index contributed by atoms with van der Waals surface area (Å²) in [5.41, 5.74) is 0.613. The summed E-state index contributed by atoms with van der Waals surface area (Å²) < 4.78 is 1.28. The Balaban J connectivity index is 2.01. The average Bonchev–Trinajstić information content (AvgIpc) is 2.94. The normalized spacial score (nSPS) is 10.5. The number of carbonyl (C=O) groups excluding carboxylic acids is 1. The van der Waals surface area contributed by atoms with Crippen molar-refractivity contribution in [3.05, 3.63) is 69.3 Å². The zero-order chi connectivity index (χ0) is 18.8. The van der Waals surface area contributed by atoms with Crippen LogP contribution in [0.3, 0.4) is 0 Å². The Kier molecular flexibility index (Phi) is 4.36.